The zero-order valence-corrected chi connectivity index (χ0v) is 11.9. The Morgan fingerprint density at radius 2 is 2.11 bits per heavy atom. The summed E-state index contributed by atoms with van der Waals surface area (Å²) in [6.07, 6.45) is 5.01. The second kappa shape index (κ2) is 7.14. The topological polar surface area (TPSA) is 42.0 Å². The quantitative estimate of drug-likeness (QED) is 0.744. The summed E-state index contributed by atoms with van der Waals surface area (Å²) in [5.74, 6) is 0.884. The number of hydrogen-bond acceptors (Lipinski definition) is 3. The Morgan fingerprint density at radius 1 is 1.39 bits per heavy atom. The summed E-state index contributed by atoms with van der Waals surface area (Å²) in [4.78, 5) is 16.4. The number of aromatic nitrogens is 1. The second-order valence-corrected chi connectivity index (χ2v) is 4.96. The Morgan fingerprint density at radius 3 is 2.67 bits per heavy atom. The molecule has 3 heteroatoms. The molecule has 1 aromatic rings. The molecule has 0 aliphatic carbocycles. The molecule has 0 aliphatic heterocycles. The fraction of sp³-hybridized carbons (Fsp3) is 0.600. The van der Waals surface area contributed by atoms with Gasteiger partial charge < -0.3 is 5.32 Å². The maximum Gasteiger partial charge on any atom is 0.169 e. The molecule has 100 valence electrons. The highest BCUT2D eigenvalue weighted by Gasteiger charge is 2.17. The van der Waals surface area contributed by atoms with Crippen LogP contribution in [0.5, 0.6) is 0 Å². The van der Waals surface area contributed by atoms with Crippen molar-refractivity contribution in [2.75, 3.05) is 5.32 Å². The van der Waals surface area contributed by atoms with E-state index in [1.807, 2.05) is 26.0 Å². The fourth-order valence-electron chi connectivity index (χ4n) is 1.95. The maximum atomic E-state index is 12.1. The van der Waals surface area contributed by atoms with Crippen LogP contribution < -0.4 is 5.32 Å². The lowest BCUT2D eigenvalue weighted by molar-refractivity contribution is 0.0940. The zero-order chi connectivity index (χ0) is 13.5. The van der Waals surface area contributed by atoms with E-state index in [0.717, 1.165) is 25.1 Å². The largest absolute Gasteiger partial charge is 0.367 e. The number of carbonyl (C=O) groups excluding carboxylic acids is 1. The summed E-state index contributed by atoms with van der Waals surface area (Å²) in [6, 6.07) is 4.07. The van der Waals surface area contributed by atoms with Gasteiger partial charge in [-0.2, -0.15) is 0 Å². The summed E-state index contributed by atoms with van der Waals surface area (Å²) in [6.45, 7) is 8.16. The lowest BCUT2D eigenvalue weighted by Crippen LogP contribution is -2.21. The van der Waals surface area contributed by atoms with Crippen molar-refractivity contribution in [1.82, 2.24) is 4.98 Å². The lowest BCUT2D eigenvalue weighted by atomic mass is 10.0. The van der Waals surface area contributed by atoms with Gasteiger partial charge in [0.25, 0.3) is 0 Å². The van der Waals surface area contributed by atoms with Gasteiger partial charge in [-0.25, -0.2) is 4.98 Å². The molecule has 0 radical (unpaired) electrons. The van der Waals surface area contributed by atoms with Gasteiger partial charge in [0.15, 0.2) is 5.78 Å². The van der Waals surface area contributed by atoms with Gasteiger partial charge in [-0.3, -0.25) is 4.79 Å². The van der Waals surface area contributed by atoms with Crippen molar-refractivity contribution in [2.24, 2.45) is 5.92 Å². The SMILES string of the molecule is CCCC(CC)Nc1ncccc1C(=O)C(C)C. The standard InChI is InChI=1S/C15H24N2O/c1-5-8-12(6-2)17-15-13(9-7-10-16-15)14(18)11(3)4/h7,9-12H,5-6,8H2,1-4H3,(H,16,17). The molecule has 1 rings (SSSR count). The van der Waals surface area contributed by atoms with Crippen LogP contribution >= 0.6 is 0 Å². The van der Waals surface area contributed by atoms with E-state index >= 15 is 0 Å². The minimum absolute atomic E-state index is 0.000927. The number of ketones is 1. The number of hydrogen-bond donors (Lipinski definition) is 1. The number of nitrogens with one attached hydrogen (secondary N) is 1. The first-order valence-electron chi connectivity index (χ1n) is 6.85. The molecular formula is C15H24N2O. The Hall–Kier alpha value is -1.38. The van der Waals surface area contributed by atoms with Crippen LogP contribution in [-0.4, -0.2) is 16.8 Å². The van der Waals surface area contributed by atoms with Gasteiger partial charge in [0.05, 0.1) is 5.56 Å². The smallest absolute Gasteiger partial charge is 0.169 e. The van der Waals surface area contributed by atoms with Crippen molar-refractivity contribution < 1.29 is 4.79 Å². The highest BCUT2D eigenvalue weighted by Crippen LogP contribution is 2.19. The summed E-state index contributed by atoms with van der Waals surface area (Å²) in [5.41, 5.74) is 0.710. The third kappa shape index (κ3) is 3.83. The normalized spacial score (nSPS) is 12.5. The molecule has 1 heterocycles. The summed E-state index contributed by atoms with van der Waals surface area (Å²) >= 11 is 0. The van der Waals surface area contributed by atoms with Crippen LogP contribution in [-0.2, 0) is 0 Å². The van der Waals surface area contributed by atoms with Gasteiger partial charge in [0.1, 0.15) is 5.82 Å². The average Bonchev–Trinajstić information content (AvgIpc) is 2.37. The molecule has 0 saturated heterocycles. The van der Waals surface area contributed by atoms with E-state index in [1.165, 1.54) is 0 Å². The van der Waals surface area contributed by atoms with E-state index in [9.17, 15) is 4.79 Å². The molecule has 1 atom stereocenters. The highest BCUT2D eigenvalue weighted by atomic mass is 16.1. The van der Waals surface area contributed by atoms with Crippen molar-refractivity contribution in [3.63, 3.8) is 0 Å². The van der Waals surface area contributed by atoms with E-state index in [1.54, 1.807) is 6.20 Å². The van der Waals surface area contributed by atoms with Crippen molar-refractivity contribution in [2.45, 2.75) is 53.0 Å². The molecule has 0 aliphatic rings. The first-order valence-corrected chi connectivity index (χ1v) is 6.85. The Balaban J connectivity index is 2.91. The minimum Gasteiger partial charge on any atom is -0.367 e. The van der Waals surface area contributed by atoms with Crippen molar-refractivity contribution >= 4 is 11.6 Å². The molecule has 3 nitrogen and oxygen atoms in total. The van der Waals surface area contributed by atoms with Gasteiger partial charge in [-0.15, -0.1) is 0 Å². The Kier molecular flexibility index (Phi) is 5.83. The van der Waals surface area contributed by atoms with E-state index in [2.05, 4.69) is 24.1 Å². The zero-order valence-electron chi connectivity index (χ0n) is 11.9. The first kappa shape index (κ1) is 14.7. The fourth-order valence-corrected chi connectivity index (χ4v) is 1.95. The van der Waals surface area contributed by atoms with Crippen molar-refractivity contribution in [3.05, 3.63) is 23.9 Å². The number of nitrogens with zero attached hydrogens (tertiary/aromatic N) is 1. The van der Waals surface area contributed by atoms with Crippen LogP contribution in [0.3, 0.4) is 0 Å². The van der Waals surface area contributed by atoms with E-state index < -0.39 is 0 Å². The first-order chi connectivity index (χ1) is 8.60. The van der Waals surface area contributed by atoms with Gasteiger partial charge in [0, 0.05) is 18.2 Å². The van der Waals surface area contributed by atoms with Gasteiger partial charge >= 0.3 is 0 Å². The number of pyridine rings is 1. The van der Waals surface area contributed by atoms with E-state index in [-0.39, 0.29) is 11.7 Å². The number of anilines is 1. The summed E-state index contributed by atoms with van der Waals surface area (Å²) in [5, 5.41) is 3.40. The molecule has 18 heavy (non-hydrogen) atoms. The molecule has 0 bridgehead atoms. The molecule has 0 amide bonds. The molecule has 0 saturated carbocycles. The summed E-state index contributed by atoms with van der Waals surface area (Å²) in [7, 11) is 0. The van der Waals surface area contributed by atoms with Crippen LogP contribution in [0.4, 0.5) is 5.82 Å². The number of rotatable bonds is 7. The van der Waals surface area contributed by atoms with E-state index in [4.69, 9.17) is 0 Å². The van der Waals surface area contributed by atoms with Gasteiger partial charge in [0.2, 0.25) is 0 Å². The van der Waals surface area contributed by atoms with Crippen LogP contribution in [0.25, 0.3) is 0 Å². The second-order valence-electron chi connectivity index (χ2n) is 4.96. The monoisotopic (exact) mass is 248 g/mol. The number of Topliss-reactive ketones (excluding diaryl/α,β-unsaturated/α-hetero) is 1. The third-order valence-electron chi connectivity index (χ3n) is 3.07. The van der Waals surface area contributed by atoms with E-state index in [0.29, 0.717) is 11.6 Å². The Labute approximate surface area is 110 Å². The lowest BCUT2D eigenvalue weighted by Gasteiger charge is -2.19. The van der Waals surface area contributed by atoms with Crippen LogP contribution in [0.1, 0.15) is 57.3 Å². The predicted molar refractivity (Wildman–Crippen MR) is 76.0 cm³/mol. The van der Waals surface area contributed by atoms with Crippen molar-refractivity contribution in [1.29, 1.82) is 0 Å². The van der Waals surface area contributed by atoms with Crippen LogP contribution in [0.15, 0.2) is 18.3 Å². The third-order valence-corrected chi connectivity index (χ3v) is 3.07. The molecule has 1 aromatic heterocycles. The average molecular weight is 248 g/mol. The molecule has 0 aromatic carbocycles. The maximum absolute atomic E-state index is 12.1. The predicted octanol–water partition coefficient (Wildman–Crippen LogP) is 3.91. The number of carbonyl (C=O) groups is 1. The van der Waals surface area contributed by atoms with Gasteiger partial charge in [-0.05, 0) is 25.0 Å². The molecule has 0 spiro atoms. The molecule has 1 N–H and O–H groups in total. The van der Waals surface area contributed by atoms with Crippen LogP contribution in [0, 0.1) is 5.92 Å². The van der Waals surface area contributed by atoms with Crippen molar-refractivity contribution in [3.8, 4) is 0 Å². The summed E-state index contributed by atoms with van der Waals surface area (Å²) < 4.78 is 0. The molecular weight excluding hydrogens is 224 g/mol. The highest BCUT2D eigenvalue weighted by molar-refractivity contribution is 6.01. The van der Waals surface area contributed by atoms with Gasteiger partial charge in [-0.1, -0.05) is 34.1 Å². The van der Waals surface area contributed by atoms with Crippen LogP contribution in [0.2, 0.25) is 0 Å². The molecule has 1 unspecified atom stereocenters. The Bertz CT molecular complexity index is 388. The molecule has 0 fully saturated rings. The minimum atomic E-state index is 0.000927.